The maximum absolute atomic E-state index is 12.0. The van der Waals surface area contributed by atoms with Gasteiger partial charge in [0.2, 0.25) is 0 Å². The smallest absolute Gasteiger partial charge is 0.347 e. The number of benzene rings is 1. The van der Waals surface area contributed by atoms with Crippen molar-refractivity contribution in [2.24, 2.45) is 0 Å². The quantitative estimate of drug-likeness (QED) is 0.621. The molecule has 1 aliphatic heterocycles. The van der Waals surface area contributed by atoms with Crippen molar-refractivity contribution in [3.8, 4) is 11.5 Å². The number of ether oxygens (including phenoxy) is 3. The summed E-state index contributed by atoms with van der Waals surface area (Å²) in [6.45, 7) is 3.07. The summed E-state index contributed by atoms with van der Waals surface area (Å²) in [5, 5.41) is 2.04. The number of methoxy groups -OCH3 is 2. The van der Waals surface area contributed by atoms with Gasteiger partial charge in [0.1, 0.15) is 5.56 Å². The number of carbonyl (C=O) groups excluding carboxylic acids is 1. The highest BCUT2D eigenvalue weighted by Gasteiger charge is 2.37. The summed E-state index contributed by atoms with van der Waals surface area (Å²) < 4.78 is 15.9. The largest absolute Gasteiger partial charge is 0.493 e. The minimum absolute atomic E-state index is 0.270. The fourth-order valence-electron chi connectivity index (χ4n) is 2.28. The standard InChI is InChI=1S/C14H19NO4/c1-4-5-8-15-13-9-6-7-10(17-2)12(18-3)11(9)14(16)19-13/h6-7,13,15H,4-5,8H2,1-3H3/p+1/t13-/m1/s1. The molecule has 0 aliphatic carbocycles. The van der Waals surface area contributed by atoms with Crippen LogP contribution in [0.4, 0.5) is 0 Å². The van der Waals surface area contributed by atoms with E-state index >= 15 is 0 Å². The molecule has 19 heavy (non-hydrogen) atoms. The van der Waals surface area contributed by atoms with E-state index in [0.717, 1.165) is 24.9 Å². The van der Waals surface area contributed by atoms with Gasteiger partial charge in [-0.05, 0) is 18.6 Å². The molecule has 5 nitrogen and oxygen atoms in total. The van der Waals surface area contributed by atoms with Crippen molar-refractivity contribution in [1.29, 1.82) is 0 Å². The lowest BCUT2D eigenvalue weighted by atomic mass is 10.1. The first-order valence-electron chi connectivity index (χ1n) is 6.52. The minimum Gasteiger partial charge on any atom is -0.493 e. The van der Waals surface area contributed by atoms with Crippen molar-refractivity contribution in [3.63, 3.8) is 0 Å². The maximum Gasteiger partial charge on any atom is 0.347 e. The van der Waals surface area contributed by atoms with Crippen LogP contribution in [-0.2, 0) is 4.74 Å². The first kappa shape index (κ1) is 13.7. The molecule has 0 radical (unpaired) electrons. The van der Waals surface area contributed by atoms with Crippen molar-refractivity contribution in [3.05, 3.63) is 23.3 Å². The highest BCUT2D eigenvalue weighted by atomic mass is 16.6. The molecular weight excluding hydrogens is 246 g/mol. The van der Waals surface area contributed by atoms with E-state index in [-0.39, 0.29) is 12.2 Å². The van der Waals surface area contributed by atoms with Gasteiger partial charge in [0.15, 0.2) is 11.5 Å². The van der Waals surface area contributed by atoms with E-state index < -0.39 is 0 Å². The molecule has 0 saturated heterocycles. The first-order chi connectivity index (χ1) is 9.22. The van der Waals surface area contributed by atoms with Gasteiger partial charge in [0, 0.05) is 0 Å². The molecule has 0 saturated carbocycles. The van der Waals surface area contributed by atoms with Crippen molar-refractivity contribution < 1.29 is 24.3 Å². The number of cyclic esters (lactones) is 1. The number of unbranched alkanes of at least 4 members (excludes halogenated alkanes) is 1. The Labute approximate surface area is 112 Å². The molecule has 0 amide bonds. The molecule has 0 bridgehead atoms. The topological polar surface area (TPSA) is 61.4 Å². The van der Waals surface area contributed by atoms with Crippen LogP contribution in [-0.4, -0.2) is 26.7 Å². The Morgan fingerprint density at radius 3 is 2.74 bits per heavy atom. The van der Waals surface area contributed by atoms with Crippen LogP contribution < -0.4 is 14.8 Å². The Morgan fingerprint density at radius 1 is 1.32 bits per heavy atom. The Morgan fingerprint density at radius 2 is 2.11 bits per heavy atom. The molecule has 0 aromatic heterocycles. The highest BCUT2D eigenvalue weighted by molar-refractivity contribution is 5.97. The van der Waals surface area contributed by atoms with E-state index in [9.17, 15) is 4.79 Å². The third-order valence-electron chi connectivity index (χ3n) is 3.26. The highest BCUT2D eigenvalue weighted by Crippen LogP contribution is 2.39. The second kappa shape index (κ2) is 5.93. The van der Waals surface area contributed by atoms with Crippen molar-refractivity contribution in [1.82, 2.24) is 0 Å². The van der Waals surface area contributed by atoms with Crippen LogP contribution in [0.3, 0.4) is 0 Å². The predicted molar refractivity (Wildman–Crippen MR) is 69.4 cm³/mol. The summed E-state index contributed by atoms with van der Waals surface area (Å²) in [7, 11) is 3.08. The van der Waals surface area contributed by atoms with Crippen LogP contribution in [0.1, 0.15) is 41.9 Å². The second-order valence-electron chi connectivity index (χ2n) is 4.47. The third kappa shape index (κ3) is 2.51. The number of carbonyl (C=O) groups is 1. The summed E-state index contributed by atoms with van der Waals surface area (Å²) in [6, 6.07) is 3.68. The molecule has 0 spiro atoms. The summed E-state index contributed by atoms with van der Waals surface area (Å²) in [5.74, 6) is 0.660. The average Bonchev–Trinajstić information content (AvgIpc) is 2.75. The number of hydrogen-bond acceptors (Lipinski definition) is 4. The zero-order valence-electron chi connectivity index (χ0n) is 11.6. The number of hydrogen-bond donors (Lipinski definition) is 1. The van der Waals surface area contributed by atoms with E-state index in [2.05, 4.69) is 6.92 Å². The van der Waals surface area contributed by atoms with Gasteiger partial charge in [-0.25, -0.2) is 4.79 Å². The van der Waals surface area contributed by atoms with Gasteiger partial charge in [-0.3, -0.25) is 0 Å². The van der Waals surface area contributed by atoms with Gasteiger partial charge in [0.25, 0.3) is 6.23 Å². The van der Waals surface area contributed by atoms with Gasteiger partial charge >= 0.3 is 5.97 Å². The monoisotopic (exact) mass is 266 g/mol. The van der Waals surface area contributed by atoms with Gasteiger partial charge in [-0.15, -0.1) is 0 Å². The number of rotatable bonds is 6. The minimum atomic E-state index is -0.344. The van der Waals surface area contributed by atoms with E-state index in [1.165, 1.54) is 7.11 Å². The van der Waals surface area contributed by atoms with Crippen LogP contribution in [0.25, 0.3) is 0 Å². The van der Waals surface area contributed by atoms with Gasteiger partial charge in [-0.1, -0.05) is 13.3 Å². The molecule has 1 aromatic rings. The van der Waals surface area contributed by atoms with E-state index in [1.807, 2.05) is 11.4 Å². The fraction of sp³-hybridized carbons (Fsp3) is 0.500. The number of fused-ring (bicyclic) bond motifs is 1. The Hall–Kier alpha value is -1.75. The lowest BCUT2D eigenvalue weighted by Gasteiger charge is -2.11. The molecule has 104 valence electrons. The lowest BCUT2D eigenvalue weighted by Crippen LogP contribution is -2.85. The van der Waals surface area contributed by atoms with Crippen molar-refractivity contribution in [2.45, 2.75) is 26.0 Å². The fourth-order valence-corrected chi connectivity index (χ4v) is 2.28. The number of esters is 1. The van der Waals surface area contributed by atoms with E-state index in [4.69, 9.17) is 14.2 Å². The lowest BCUT2D eigenvalue weighted by molar-refractivity contribution is -0.727. The Bertz CT molecular complexity index is 473. The summed E-state index contributed by atoms with van der Waals surface area (Å²) in [5.41, 5.74) is 1.35. The Kier molecular flexibility index (Phi) is 4.27. The first-order valence-corrected chi connectivity index (χ1v) is 6.52. The molecule has 2 rings (SSSR count). The zero-order chi connectivity index (χ0) is 13.8. The predicted octanol–water partition coefficient (Wildman–Crippen LogP) is 1.24. The number of nitrogens with two attached hydrogens (primary N) is 1. The van der Waals surface area contributed by atoms with Gasteiger partial charge < -0.3 is 19.5 Å². The average molecular weight is 266 g/mol. The molecule has 1 heterocycles. The zero-order valence-corrected chi connectivity index (χ0v) is 11.6. The van der Waals surface area contributed by atoms with E-state index in [0.29, 0.717) is 17.1 Å². The third-order valence-corrected chi connectivity index (χ3v) is 3.26. The molecule has 5 heteroatoms. The van der Waals surface area contributed by atoms with Crippen LogP contribution >= 0.6 is 0 Å². The summed E-state index contributed by atoms with van der Waals surface area (Å²) >= 11 is 0. The molecule has 0 unspecified atom stereocenters. The van der Waals surface area contributed by atoms with Crippen molar-refractivity contribution in [2.75, 3.05) is 20.8 Å². The van der Waals surface area contributed by atoms with Crippen LogP contribution in [0.2, 0.25) is 0 Å². The molecule has 0 fully saturated rings. The van der Waals surface area contributed by atoms with Crippen LogP contribution in [0, 0.1) is 0 Å². The van der Waals surface area contributed by atoms with Crippen LogP contribution in [0.5, 0.6) is 11.5 Å². The van der Waals surface area contributed by atoms with Crippen molar-refractivity contribution >= 4 is 5.97 Å². The molecule has 1 aliphatic rings. The van der Waals surface area contributed by atoms with E-state index in [1.54, 1.807) is 13.2 Å². The number of quaternary nitrogens is 1. The molecular formula is C14H20NO4+. The normalized spacial score (nSPS) is 17.0. The maximum atomic E-state index is 12.0. The summed E-state index contributed by atoms with van der Waals surface area (Å²) in [4.78, 5) is 12.0. The molecule has 1 atom stereocenters. The van der Waals surface area contributed by atoms with Crippen LogP contribution in [0.15, 0.2) is 12.1 Å². The second-order valence-corrected chi connectivity index (χ2v) is 4.47. The molecule has 2 N–H and O–H groups in total. The van der Waals surface area contributed by atoms with Gasteiger partial charge in [-0.2, -0.15) is 0 Å². The SMILES string of the molecule is CCCC[NH2+][C@@H]1OC(=O)c2c1ccc(OC)c2OC. The summed E-state index contributed by atoms with van der Waals surface area (Å²) in [6.07, 6.45) is 1.95. The van der Waals surface area contributed by atoms with Gasteiger partial charge in [0.05, 0.1) is 26.3 Å². The Balaban J connectivity index is 2.30. The molecule has 1 aromatic carbocycles.